The average Bonchev–Trinajstić information content (AvgIpc) is 3.02. The maximum atomic E-state index is 12.8. The number of hydrogen-bond donors (Lipinski definition) is 1. The minimum absolute atomic E-state index is 0.0722. The normalized spacial score (nSPS) is 11.2. The van der Waals surface area contributed by atoms with E-state index in [0.29, 0.717) is 29.1 Å². The zero-order valence-electron chi connectivity index (χ0n) is 15.8. The molecule has 3 rings (SSSR count). The first kappa shape index (κ1) is 19.6. The summed E-state index contributed by atoms with van der Waals surface area (Å²) in [5, 5.41) is 0. The largest absolute Gasteiger partial charge is 0.497 e. The summed E-state index contributed by atoms with van der Waals surface area (Å²) in [5.41, 5.74) is 3.27. The van der Waals surface area contributed by atoms with Crippen LogP contribution in [-0.2, 0) is 23.5 Å². The highest BCUT2D eigenvalue weighted by Gasteiger charge is 2.15. The predicted octanol–water partition coefficient (Wildman–Crippen LogP) is 2.62. The van der Waals surface area contributed by atoms with Crippen LogP contribution in [0, 0.1) is 0 Å². The van der Waals surface area contributed by atoms with E-state index in [2.05, 4.69) is 9.71 Å². The van der Waals surface area contributed by atoms with Crippen LogP contribution in [0.2, 0.25) is 0 Å². The quantitative estimate of drug-likeness (QED) is 0.617. The molecule has 0 bridgehead atoms. The van der Waals surface area contributed by atoms with Gasteiger partial charge in [-0.2, -0.15) is 0 Å². The summed E-state index contributed by atoms with van der Waals surface area (Å²) in [5.74, 6) is 0.626. The first-order chi connectivity index (χ1) is 13.3. The van der Waals surface area contributed by atoms with E-state index >= 15 is 0 Å². The number of sulfonamides is 1. The molecule has 0 aliphatic heterocycles. The number of rotatable bonds is 7. The molecule has 0 fully saturated rings. The van der Waals surface area contributed by atoms with Crippen LogP contribution in [0.5, 0.6) is 5.75 Å². The highest BCUT2D eigenvalue weighted by molar-refractivity contribution is 7.92. The summed E-state index contributed by atoms with van der Waals surface area (Å²) < 4.78 is 31.9. The number of carbonyl (C=O) groups excluding carboxylic acids is 1. The van der Waals surface area contributed by atoms with Crippen molar-refractivity contribution in [2.24, 2.45) is 7.05 Å². The van der Waals surface area contributed by atoms with Crippen molar-refractivity contribution in [1.29, 1.82) is 0 Å². The van der Waals surface area contributed by atoms with Crippen molar-refractivity contribution >= 4 is 21.5 Å². The Morgan fingerprint density at radius 2 is 1.82 bits per heavy atom. The summed E-state index contributed by atoms with van der Waals surface area (Å²) in [4.78, 5) is 17.1. The number of anilines is 1. The van der Waals surface area contributed by atoms with Crippen LogP contribution >= 0.6 is 0 Å². The molecule has 8 heteroatoms. The van der Waals surface area contributed by atoms with Crippen LogP contribution < -0.4 is 9.46 Å². The lowest BCUT2D eigenvalue weighted by Gasteiger charge is -2.09. The number of nitrogens with one attached hydrogen (secondary N) is 1. The molecule has 7 nitrogen and oxygen atoms in total. The van der Waals surface area contributed by atoms with E-state index in [1.54, 1.807) is 49.6 Å². The minimum atomic E-state index is -3.33. The predicted molar refractivity (Wildman–Crippen MR) is 107 cm³/mol. The molecule has 2 heterocycles. The Morgan fingerprint density at radius 3 is 2.39 bits per heavy atom. The highest BCUT2D eigenvalue weighted by atomic mass is 32.2. The van der Waals surface area contributed by atoms with E-state index in [1.165, 1.54) is 6.20 Å². The Morgan fingerprint density at radius 1 is 1.11 bits per heavy atom. The molecule has 0 saturated carbocycles. The smallest absolute Gasteiger partial charge is 0.229 e. The van der Waals surface area contributed by atoms with Gasteiger partial charge in [-0.3, -0.25) is 14.5 Å². The lowest BCUT2D eigenvalue weighted by Crippen LogP contribution is -2.11. The van der Waals surface area contributed by atoms with E-state index in [-0.39, 0.29) is 5.78 Å². The van der Waals surface area contributed by atoms with Crippen LogP contribution in [0.25, 0.3) is 0 Å². The van der Waals surface area contributed by atoms with Crippen molar-refractivity contribution in [3.05, 3.63) is 77.4 Å². The van der Waals surface area contributed by atoms with E-state index in [0.717, 1.165) is 17.6 Å². The molecule has 1 aromatic carbocycles. The Kier molecular flexibility index (Phi) is 5.51. The number of carbonyl (C=O) groups is 1. The lowest BCUT2D eigenvalue weighted by molar-refractivity contribution is 0.103. The molecule has 0 amide bonds. The van der Waals surface area contributed by atoms with Gasteiger partial charge in [0.1, 0.15) is 5.75 Å². The molecule has 0 atom stereocenters. The van der Waals surface area contributed by atoms with E-state index in [4.69, 9.17) is 4.74 Å². The van der Waals surface area contributed by atoms with Gasteiger partial charge in [-0.15, -0.1) is 0 Å². The van der Waals surface area contributed by atoms with Crippen molar-refractivity contribution < 1.29 is 17.9 Å². The average molecular weight is 399 g/mol. The standard InChI is InChI=1S/C20H21N3O4S/c1-23-17(12-15-6-7-16(13-21-15)22-28(3,25)26)8-11-19(23)20(24)14-4-9-18(27-2)10-5-14/h4-11,13,22H,12H2,1-3H3. The monoisotopic (exact) mass is 399 g/mol. The Labute approximate surface area is 164 Å². The van der Waals surface area contributed by atoms with E-state index in [9.17, 15) is 13.2 Å². The molecule has 2 aromatic heterocycles. The molecule has 0 spiro atoms. The van der Waals surface area contributed by atoms with Crippen molar-refractivity contribution in [2.75, 3.05) is 18.1 Å². The van der Waals surface area contributed by atoms with E-state index in [1.807, 2.05) is 17.7 Å². The third kappa shape index (κ3) is 4.58. The number of methoxy groups -OCH3 is 1. The van der Waals surface area contributed by atoms with E-state index < -0.39 is 10.0 Å². The Bertz CT molecular complexity index is 1090. The molecule has 1 N–H and O–H groups in total. The van der Waals surface area contributed by atoms with Crippen LogP contribution in [-0.4, -0.2) is 37.1 Å². The van der Waals surface area contributed by atoms with Crippen LogP contribution in [0.3, 0.4) is 0 Å². The highest BCUT2D eigenvalue weighted by Crippen LogP contribution is 2.18. The number of ketones is 1. The number of benzene rings is 1. The van der Waals surface area contributed by atoms with Gasteiger partial charge in [0.15, 0.2) is 0 Å². The van der Waals surface area contributed by atoms with Crippen molar-refractivity contribution in [3.8, 4) is 5.75 Å². The third-order valence-electron chi connectivity index (χ3n) is 4.30. The topological polar surface area (TPSA) is 90.3 Å². The van der Waals surface area contributed by atoms with Gasteiger partial charge in [0.2, 0.25) is 15.8 Å². The van der Waals surface area contributed by atoms with Gasteiger partial charge in [0.05, 0.1) is 30.9 Å². The fourth-order valence-corrected chi connectivity index (χ4v) is 3.39. The summed E-state index contributed by atoms with van der Waals surface area (Å²) in [6, 6.07) is 14.1. The Balaban J connectivity index is 1.76. The van der Waals surface area contributed by atoms with Gasteiger partial charge in [0.25, 0.3) is 0 Å². The molecule has 0 saturated heterocycles. The van der Waals surface area contributed by atoms with Crippen molar-refractivity contribution in [3.63, 3.8) is 0 Å². The Hall–Kier alpha value is -3.13. The first-order valence-electron chi connectivity index (χ1n) is 8.53. The molecule has 146 valence electrons. The fraction of sp³-hybridized carbons (Fsp3) is 0.200. The second-order valence-corrected chi connectivity index (χ2v) is 8.16. The van der Waals surface area contributed by atoms with Crippen molar-refractivity contribution in [1.82, 2.24) is 9.55 Å². The molecule has 28 heavy (non-hydrogen) atoms. The van der Waals surface area contributed by atoms with Gasteiger partial charge in [-0.25, -0.2) is 8.42 Å². The first-order valence-corrected chi connectivity index (χ1v) is 10.4. The molecule has 3 aromatic rings. The van der Waals surface area contributed by atoms with Crippen LogP contribution in [0.1, 0.15) is 27.4 Å². The summed E-state index contributed by atoms with van der Waals surface area (Å²) in [6.45, 7) is 0. The second-order valence-electron chi connectivity index (χ2n) is 6.42. The molecular weight excluding hydrogens is 378 g/mol. The van der Waals surface area contributed by atoms with Gasteiger partial charge in [-0.05, 0) is 48.5 Å². The minimum Gasteiger partial charge on any atom is -0.497 e. The number of hydrogen-bond acceptors (Lipinski definition) is 5. The SMILES string of the molecule is COc1ccc(C(=O)c2ccc(Cc3ccc(NS(C)(=O)=O)cn3)n2C)cc1. The lowest BCUT2D eigenvalue weighted by atomic mass is 10.1. The van der Waals surface area contributed by atoms with Gasteiger partial charge >= 0.3 is 0 Å². The van der Waals surface area contributed by atoms with Crippen LogP contribution in [0.4, 0.5) is 5.69 Å². The zero-order chi connectivity index (χ0) is 20.3. The third-order valence-corrected chi connectivity index (χ3v) is 4.91. The van der Waals surface area contributed by atoms with Crippen molar-refractivity contribution in [2.45, 2.75) is 6.42 Å². The molecule has 0 unspecified atom stereocenters. The number of pyridine rings is 1. The number of aromatic nitrogens is 2. The molecular formula is C20H21N3O4S. The molecule has 0 radical (unpaired) electrons. The van der Waals surface area contributed by atoms with Gasteiger partial charge < -0.3 is 9.30 Å². The van der Waals surface area contributed by atoms with Gasteiger partial charge in [0, 0.05) is 30.4 Å². The maximum absolute atomic E-state index is 12.8. The van der Waals surface area contributed by atoms with Gasteiger partial charge in [-0.1, -0.05) is 0 Å². The molecule has 0 aliphatic carbocycles. The zero-order valence-corrected chi connectivity index (χ0v) is 16.7. The fourth-order valence-electron chi connectivity index (χ4n) is 2.84. The second kappa shape index (κ2) is 7.85. The summed E-state index contributed by atoms with van der Waals surface area (Å²) in [7, 11) is 0.0883. The number of ether oxygens (including phenoxy) is 1. The summed E-state index contributed by atoms with van der Waals surface area (Å²) in [6.07, 6.45) is 3.08. The summed E-state index contributed by atoms with van der Waals surface area (Å²) >= 11 is 0. The van der Waals surface area contributed by atoms with Crippen LogP contribution in [0.15, 0.2) is 54.7 Å². The molecule has 0 aliphatic rings. The maximum Gasteiger partial charge on any atom is 0.229 e. The number of nitrogens with zero attached hydrogens (tertiary/aromatic N) is 2.